The van der Waals surface area contributed by atoms with Crippen LogP contribution in [0.25, 0.3) is 53.2 Å². The van der Waals surface area contributed by atoms with Crippen molar-refractivity contribution in [2.24, 2.45) is 9.98 Å². The van der Waals surface area contributed by atoms with Gasteiger partial charge < -0.3 is 0 Å². The molecule has 2 aliphatic rings. The highest BCUT2D eigenvalue weighted by Gasteiger charge is 2.27. The van der Waals surface area contributed by atoms with E-state index in [1.807, 2.05) is 34.9 Å². The molecular weight excluding hydrogens is 581 g/mol. The molecule has 43 heavy (non-hydrogen) atoms. The van der Waals surface area contributed by atoms with Crippen LogP contribution >= 0.6 is 34.9 Å². The van der Waals surface area contributed by atoms with Crippen molar-refractivity contribution in [3.05, 3.63) is 108 Å². The van der Waals surface area contributed by atoms with E-state index in [1.54, 1.807) is 0 Å². The van der Waals surface area contributed by atoms with Crippen LogP contribution in [0.4, 0.5) is 0 Å². The highest BCUT2D eigenvalue weighted by molar-refractivity contribution is 8.15. The number of hydrogen-bond donors (Lipinski definition) is 0. The fourth-order valence-electron chi connectivity index (χ4n) is 6.12. The fourth-order valence-corrected chi connectivity index (χ4v) is 9.66. The molecule has 5 heteroatoms. The van der Waals surface area contributed by atoms with Gasteiger partial charge in [-0.2, -0.15) is 0 Å². The summed E-state index contributed by atoms with van der Waals surface area (Å²) in [6.07, 6.45) is 0. The largest absolute Gasteiger partial charge is 0.271 e. The van der Waals surface area contributed by atoms with Crippen LogP contribution in [-0.4, -0.2) is 32.7 Å². The zero-order valence-corrected chi connectivity index (χ0v) is 27.2. The summed E-state index contributed by atoms with van der Waals surface area (Å²) in [5.41, 5.74) is 7.50. The minimum absolute atomic E-state index is 0.0196. The maximum atomic E-state index is 4.94. The molecule has 1 aromatic heterocycles. The molecule has 0 atom stereocenters. The molecule has 0 aliphatic carbocycles. The van der Waals surface area contributed by atoms with Crippen LogP contribution in [0.2, 0.25) is 0 Å². The van der Waals surface area contributed by atoms with Gasteiger partial charge in [0.1, 0.15) is 0 Å². The number of aliphatic imine (C=N–C) groups is 2. The van der Waals surface area contributed by atoms with E-state index in [0.717, 1.165) is 21.6 Å². The molecule has 0 saturated carbocycles. The molecule has 0 N–H and O–H groups in total. The first kappa shape index (κ1) is 27.2. The standard InChI is InChI=1S/C38H32N2S3/c1-37(2)21-41-35(39-37)25-13-9-23(10-14-25)27-17-18-30-32(19-27)43-33-20-31(28-7-5-6-8-29(28)34(30)33)24-11-15-26(16-12-24)36-40-38(3,4)22-42-36/h5-20H,21-22H2,1-4H3. The van der Waals surface area contributed by atoms with Gasteiger partial charge >= 0.3 is 0 Å². The molecule has 0 fully saturated rings. The monoisotopic (exact) mass is 612 g/mol. The van der Waals surface area contributed by atoms with Crippen LogP contribution < -0.4 is 0 Å². The van der Waals surface area contributed by atoms with Gasteiger partial charge in [-0.05, 0) is 72.9 Å². The third-order valence-electron chi connectivity index (χ3n) is 8.32. The Morgan fingerprint density at radius 3 is 1.63 bits per heavy atom. The van der Waals surface area contributed by atoms with E-state index in [1.165, 1.54) is 64.3 Å². The van der Waals surface area contributed by atoms with E-state index in [0.29, 0.717) is 0 Å². The molecule has 8 rings (SSSR count). The van der Waals surface area contributed by atoms with E-state index >= 15 is 0 Å². The van der Waals surface area contributed by atoms with E-state index in [9.17, 15) is 0 Å². The molecule has 0 saturated heterocycles. The zero-order valence-electron chi connectivity index (χ0n) is 24.8. The molecule has 0 amide bonds. The molecule has 0 bridgehead atoms. The first-order valence-electron chi connectivity index (χ1n) is 14.8. The molecule has 2 aliphatic heterocycles. The van der Waals surface area contributed by atoms with Crippen molar-refractivity contribution in [3.8, 4) is 22.3 Å². The first-order valence-corrected chi connectivity index (χ1v) is 17.6. The van der Waals surface area contributed by atoms with E-state index in [4.69, 9.17) is 9.98 Å². The highest BCUT2D eigenvalue weighted by Crippen LogP contribution is 2.44. The third-order valence-corrected chi connectivity index (χ3v) is 12.3. The number of hydrogen-bond acceptors (Lipinski definition) is 5. The SMILES string of the molecule is CC1(C)CSC(c2ccc(-c3ccc4c(c3)sc3cc(-c5ccc(C6=NC(C)(C)CS6)cc5)c5ccccc5c34)cc2)=N1. The lowest BCUT2D eigenvalue weighted by atomic mass is 9.94. The molecule has 212 valence electrons. The molecule has 5 aromatic carbocycles. The van der Waals surface area contributed by atoms with Gasteiger partial charge in [0.15, 0.2) is 0 Å². The minimum atomic E-state index is 0.0196. The van der Waals surface area contributed by atoms with E-state index < -0.39 is 0 Å². The zero-order chi connectivity index (χ0) is 29.3. The normalized spacial score (nSPS) is 17.6. The maximum absolute atomic E-state index is 4.94. The second-order valence-corrected chi connectivity index (χ2v) is 15.9. The van der Waals surface area contributed by atoms with Crippen LogP contribution in [0.15, 0.2) is 107 Å². The number of thiophene rings is 1. The molecule has 0 spiro atoms. The Bertz CT molecular complexity index is 2110. The topological polar surface area (TPSA) is 24.7 Å². The Balaban J connectivity index is 1.19. The third kappa shape index (κ3) is 4.92. The quantitative estimate of drug-likeness (QED) is 0.198. The molecule has 6 aromatic rings. The number of thioether (sulfide) groups is 2. The van der Waals surface area contributed by atoms with Crippen molar-refractivity contribution in [1.82, 2.24) is 0 Å². The summed E-state index contributed by atoms with van der Waals surface area (Å²) in [6, 6.07) is 36.2. The molecule has 0 unspecified atom stereocenters. The lowest BCUT2D eigenvalue weighted by Crippen LogP contribution is -2.15. The summed E-state index contributed by atoms with van der Waals surface area (Å²) in [5.74, 6) is 2.08. The lowest BCUT2D eigenvalue weighted by molar-refractivity contribution is 0.605. The predicted octanol–water partition coefficient (Wildman–Crippen LogP) is 11.1. The van der Waals surface area contributed by atoms with Gasteiger partial charge in [-0.15, -0.1) is 34.9 Å². The molecule has 2 nitrogen and oxygen atoms in total. The van der Waals surface area contributed by atoms with Gasteiger partial charge in [-0.1, -0.05) is 84.9 Å². The Hall–Kier alpha value is -3.38. The maximum Gasteiger partial charge on any atom is 0.0984 e. The summed E-state index contributed by atoms with van der Waals surface area (Å²) in [4.78, 5) is 9.85. The van der Waals surface area contributed by atoms with Crippen LogP contribution in [0.3, 0.4) is 0 Å². The Kier molecular flexibility index (Phi) is 6.38. The van der Waals surface area contributed by atoms with Crippen LogP contribution in [0.1, 0.15) is 38.8 Å². The van der Waals surface area contributed by atoms with Gasteiger partial charge in [-0.25, -0.2) is 0 Å². The van der Waals surface area contributed by atoms with Crippen molar-refractivity contribution < 1.29 is 0 Å². The predicted molar refractivity (Wildman–Crippen MR) is 194 cm³/mol. The minimum Gasteiger partial charge on any atom is -0.271 e. The average molecular weight is 613 g/mol. The number of rotatable bonds is 4. The van der Waals surface area contributed by atoms with Gasteiger partial charge in [0.25, 0.3) is 0 Å². The van der Waals surface area contributed by atoms with Gasteiger partial charge in [0.05, 0.1) is 21.2 Å². The highest BCUT2D eigenvalue weighted by atomic mass is 32.2. The number of benzene rings is 5. The summed E-state index contributed by atoms with van der Waals surface area (Å²) in [5, 5.41) is 7.61. The van der Waals surface area contributed by atoms with E-state index in [2.05, 4.69) is 125 Å². The summed E-state index contributed by atoms with van der Waals surface area (Å²) >= 11 is 5.62. The van der Waals surface area contributed by atoms with Crippen molar-refractivity contribution in [1.29, 1.82) is 0 Å². The van der Waals surface area contributed by atoms with Gasteiger partial charge in [-0.3, -0.25) is 9.98 Å². The second kappa shape index (κ2) is 10.1. The van der Waals surface area contributed by atoms with E-state index in [-0.39, 0.29) is 11.1 Å². The van der Waals surface area contributed by atoms with Crippen LogP contribution in [-0.2, 0) is 0 Å². The molecule has 0 radical (unpaired) electrons. The van der Waals surface area contributed by atoms with Crippen LogP contribution in [0, 0.1) is 0 Å². The average Bonchev–Trinajstić information content (AvgIpc) is 3.69. The summed E-state index contributed by atoms with van der Waals surface area (Å²) in [7, 11) is 0. The lowest BCUT2D eigenvalue weighted by Gasteiger charge is -2.10. The Labute approximate surface area is 265 Å². The van der Waals surface area contributed by atoms with Crippen LogP contribution in [0.5, 0.6) is 0 Å². The summed E-state index contributed by atoms with van der Waals surface area (Å²) in [6.45, 7) is 8.82. The molecular formula is C38H32N2S3. The van der Waals surface area contributed by atoms with Crippen molar-refractivity contribution >= 4 is 75.9 Å². The van der Waals surface area contributed by atoms with Gasteiger partial charge in [0, 0.05) is 42.8 Å². The number of nitrogens with zero attached hydrogens (tertiary/aromatic N) is 2. The van der Waals surface area contributed by atoms with Gasteiger partial charge in [0.2, 0.25) is 0 Å². The summed E-state index contributed by atoms with van der Waals surface area (Å²) < 4.78 is 2.65. The Morgan fingerprint density at radius 2 is 1.05 bits per heavy atom. The molecule has 3 heterocycles. The van der Waals surface area contributed by atoms with Crippen molar-refractivity contribution in [2.45, 2.75) is 38.8 Å². The smallest absolute Gasteiger partial charge is 0.0984 e. The first-order chi connectivity index (χ1) is 20.7. The van der Waals surface area contributed by atoms with Crippen molar-refractivity contribution in [3.63, 3.8) is 0 Å². The number of fused-ring (bicyclic) bond motifs is 5. The van der Waals surface area contributed by atoms with Crippen molar-refractivity contribution in [2.75, 3.05) is 11.5 Å². The Morgan fingerprint density at radius 1 is 0.512 bits per heavy atom. The second-order valence-electron chi connectivity index (χ2n) is 12.8. The fraction of sp³-hybridized carbons (Fsp3) is 0.211.